The van der Waals surface area contributed by atoms with Gasteiger partial charge in [-0.25, -0.2) is 8.42 Å². The van der Waals surface area contributed by atoms with Crippen molar-refractivity contribution in [2.75, 3.05) is 4.72 Å². The van der Waals surface area contributed by atoms with Crippen LogP contribution in [0.5, 0.6) is 0 Å². The van der Waals surface area contributed by atoms with Gasteiger partial charge in [-0.2, -0.15) is 0 Å². The summed E-state index contributed by atoms with van der Waals surface area (Å²) in [5.41, 5.74) is 1.54. The molecule has 0 aliphatic heterocycles. The molecule has 2 rings (SSSR count). The van der Waals surface area contributed by atoms with E-state index in [9.17, 15) is 13.2 Å². The summed E-state index contributed by atoms with van der Waals surface area (Å²) in [4.78, 5) is 12.5. The number of para-hydroxylation sites is 1. The first-order valence-corrected chi connectivity index (χ1v) is 9.31. The second-order valence-corrected chi connectivity index (χ2v) is 7.43. The number of nitrogens with one attached hydrogen (secondary N) is 2. The van der Waals surface area contributed by atoms with Crippen LogP contribution in [0.2, 0.25) is 0 Å². The molecule has 0 aliphatic carbocycles. The van der Waals surface area contributed by atoms with Crippen LogP contribution in [0.4, 0.5) is 5.69 Å². The lowest BCUT2D eigenvalue weighted by atomic mass is 10.1. The minimum absolute atomic E-state index is 0.0132. The quantitative estimate of drug-likeness (QED) is 0.842. The predicted octanol–water partition coefficient (Wildman–Crippen LogP) is 3.32. The van der Waals surface area contributed by atoms with Crippen LogP contribution in [0.15, 0.2) is 53.4 Å². The minimum Gasteiger partial charge on any atom is -0.350 e. The molecule has 0 bridgehead atoms. The van der Waals surface area contributed by atoms with E-state index in [0.717, 1.165) is 12.0 Å². The molecule has 2 aromatic carbocycles. The van der Waals surface area contributed by atoms with E-state index in [1.54, 1.807) is 48.5 Å². The maximum atomic E-state index is 12.5. The number of hydrogen-bond acceptors (Lipinski definition) is 3. The first kappa shape index (κ1) is 18.0. The van der Waals surface area contributed by atoms with Crippen LogP contribution in [0.25, 0.3) is 0 Å². The van der Waals surface area contributed by atoms with Gasteiger partial charge < -0.3 is 5.32 Å². The molecule has 2 N–H and O–H groups in total. The predicted molar refractivity (Wildman–Crippen MR) is 95.6 cm³/mol. The lowest BCUT2D eigenvalue weighted by Gasteiger charge is -2.15. The Morgan fingerprint density at radius 1 is 1.08 bits per heavy atom. The molecule has 128 valence electrons. The number of benzene rings is 2. The van der Waals surface area contributed by atoms with Gasteiger partial charge in [-0.05, 0) is 44.5 Å². The molecule has 2 aromatic rings. The molecule has 24 heavy (non-hydrogen) atoms. The van der Waals surface area contributed by atoms with Crippen molar-refractivity contribution in [2.45, 2.75) is 38.1 Å². The van der Waals surface area contributed by atoms with Gasteiger partial charge in [-0.1, -0.05) is 36.8 Å². The van der Waals surface area contributed by atoms with Gasteiger partial charge in [0.25, 0.3) is 15.9 Å². The summed E-state index contributed by atoms with van der Waals surface area (Å²) < 4.78 is 27.6. The van der Waals surface area contributed by atoms with Crippen LogP contribution >= 0.6 is 0 Å². The van der Waals surface area contributed by atoms with E-state index in [1.807, 2.05) is 20.8 Å². The number of anilines is 1. The second-order valence-electron chi connectivity index (χ2n) is 5.75. The molecular weight excluding hydrogens is 324 g/mol. The Bertz CT molecular complexity index is 814. The summed E-state index contributed by atoms with van der Waals surface area (Å²) in [6.45, 7) is 5.76. The number of carbonyl (C=O) groups is 1. The van der Waals surface area contributed by atoms with E-state index in [4.69, 9.17) is 0 Å². The largest absolute Gasteiger partial charge is 0.350 e. The maximum Gasteiger partial charge on any atom is 0.261 e. The van der Waals surface area contributed by atoms with Gasteiger partial charge in [0.05, 0.1) is 16.1 Å². The lowest BCUT2D eigenvalue weighted by Crippen LogP contribution is -2.32. The summed E-state index contributed by atoms with van der Waals surface area (Å²) in [6.07, 6.45) is 0.795. The van der Waals surface area contributed by atoms with Crippen molar-refractivity contribution in [3.8, 4) is 0 Å². The zero-order valence-electron chi connectivity index (χ0n) is 14.0. The standard InChI is InChI=1S/C18H22N2O3S/c1-4-14(3)19-18(21)16-7-5-6-8-17(16)20-24(22,23)15-11-9-13(2)10-12-15/h5-12,14,20H,4H2,1-3H3,(H,19,21)/t14-/m0/s1. The van der Waals surface area contributed by atoms with Crippen LogP contribution in [0, 0.1) is 6.92 Å². The van der Waals surface area contributed by atoms with Crippen molar-refractivity contribution < 1.29 is 13.2 Å². The molecule has 0 heterocycles. The summed E-state index contributed by atoms with van der Waals surface area (Å²) in [7, 11) is -3.75. The highest BCUT2D eigenvalue weighted by Crippen LogP contribution is 2.20. The topological polar surface area (TPSA) is 75.3 Å². The lowest BCUT2D eigenvalue weighted by molar-refractivity contribution is 0.0940. The van der Waals surface area contributed by atoms with Crippen molar-refractivity contribution in [2.24, 2.45) is 0 Å². The molecule has 5 nitrogen and oxygen atoms in total. The summed E-state index contributed by atoms with van der Waals surface area (Å²) in [5.74, 6) is -0.299. The molecule has 0 aromatic heterocycles. The molecular formula is C18H22N2O3S. The van der Waals surface area contributed by atoms with Crippen molar-refractivity contribution in [1.82, 2.24) is 5.32 Å². The molecule has 1 atom stereocenters. The van der Waals surface area contributed by atoms with E-state index in [1.165, 1.54) is 0 Å². The van der Waals surface area contributed by atoms with Crippen molar-refractivity contribution in [3.05, 3.63) is 59.7 Å². The third kappa shape index (κ3) is 4.35. The zero-order chi connectivity index (χ0) is 17.7. The fourth-order valence-corrected chi connectivity index (χ4v) is 3.17. The molecule has 1 amide bonds. The molecule has 0 fully saturated rings. The van der Waals surface area contributed by atoms with Crippen LogP contribution < -0.4 is 10.0 Å². The Hall–Kier alpha value is -2.34. The molecule has 0 unspecified atom stereocenters. The van der Waals surface area contributed by atoms with Gasteiger partial charge in [0.1, 0.15) is 0 Å². The summed E-state index contributed by atoms with van der Waals surface area (Å²) >= 11 is 0. The Kier molecular flexibility index (Phi) is 5.62. The Balaban J connectivity index is 2.30. The van der Waals surface area contributed by atoms with Gasteiger partial charge in [0.15, 0.2) is 0 Å². The van der Waals surface area contributed by atoms with Crippen molar-refractivity contribution in [1.29, 1.82) is 0 Å². The number of aryl methyl sites for hydroxylation is 1. The normalized spacial score (nSPS) is 12.5. The molecule has 6 heteroatoms. The average Bonchev–Trinajstić information content (AvgIpc) is 2.55. The number of amides is 1. The molecule has 0 saturated carbocycles. The third-order valence-corrected chi connectivity index (χ3v) is 5.12. The Morgan fingerprint density at radius 2 is 1.71 bits per heavy atom. The summed E-state index contributed by atoms with van der Waals surface area (Å²) in [6, 6.07) is 13.1. The first-order valence-electron chi connectivity index (χ1n) is 7.83. The number of sulfonamides is 1. The fourth-order valence-electron chi connectivity index (χ4n) is 2.09. The van der Waals surface area contributed by atoms with Crippen LogP contribution in [-0.2, 0) is 10.0 Å². The fraction of sp³-hybridized carbons (Fsp3) is 0.278. The van der Waals surface area contributed by atoms with Gasteiger partial charge in [0.2, 0.25) is 0 Å². The van der Waals surface area contributed by atoms with Crippen LogP contribution in [-0.4, -0.2) is 20.4 Å². The Morgan fingerprint density at radius 3 is 2.33 bits per heavy atom. The first-order chi connectivity index (χ1) is 11.3. The van der Waals surface area contributed by atoms with E-state index in [2.05, 4.69) is 10.0 Å². The molecule has 0 saturated heterocycles. The SMILES string of the molecule is CC[C@H](C)NC(=O)c1ccccc1NS(=O)(=O)c1ccc(C)cc1. The van der Waals surface area contributed by atoms with Gasteiger partial charge in [0, 0.05) is 6.04 Å². The van der Waals surface area contributed by atoms with E-state index >= 15 is 0 Å². The molecule has 0 spiro atoms. The van der Waals surface area contributed by atoms with Crippen LogP contribution in [0.1, 0.15) is 36.2 Å². The van der Waals surface area contributed by atoms with Gasteiger partial charge in [-0.3, -0.25) is 9.52 Å². The zero-order valence-corrected chi connectivity index (χ0v) is 14.9. The number of hydrogen-bond donors (Lipinski definition) is 2. The Labute approximate surface area is 143 Å². The monoisotopic (exact) mass is 346 g/mol. The van der Waals surface area contributed by atoms with Gasteiger partial charge >= 0.3 is 0 Å². The highest BCUT2D eigenvalue weighted by atomic mass is 32.2. The average molecular weight is 346 g/mol. The third-order valence-electron chi connectivity index (χ3n) is 3.74. The summed E-state index contributed by atoms with van der Waals surface area (Å²) in [5, 5.41) is 2.85. The highest BCUT2D eigenvalue weighted by Gasteiger charge is 2.19. The minimum atomic E-state index is -3.75. The number of carbonyl (C=O) groups excluding carboxylic acids is 1. The van der Waals surface area contributed by atoms with Crippen molar-refractivity contribution >= 4 is 21.6 Å². The molecule has 0 radical (unpaired) electrons. The highest BCUT2D eigenvalue weighted by molar-refractivity contribution is 7.92. The van der Waals surface area contributed by atoms with Crippen LogP contribution in [0.3, 0.4) is 0 Å². The van der Waals surface area contributed by atoms with E-state index in [0.29, 0.717) is 5.56 Å². The van der Waals surface area contributed by atoms with E-state index < -0.39 is 10.0 Å². The van der Waals surface area contributed by atoms with Gasteiger partial charge in [-0.15, -0.1) is 0 Å². The molecule has 0 aliphatic rings. The van der Waals surface area contributed by atoms with Crippen molar-refractivity contribution in [3.63, 3.8) is 0 Å². The number of rotatable bonds is 6. The second kappa shape index (κ2) is 7.49. The maximum absolute atomic E-state index is 12.5. The van der Waals surface area contributed by atoms with E-state index in [-0.39, 0.29) is 22.5 Å². The smallest absolute Gasteiger partial charge is 0.261 e.